The number of urea groups is 1. The van der Waals surface area contributed by atoms with Crippen LogP contribution in [0.25, 0.3) is 0 Å². The Morgan fingerprint density at radius 1 is 1.35 bits per heavy atom. The molecular formula is C18H25N5O2S. The maximum Gasteiger partial charge on any atom is 0.326 e. The maximum atomic E-state index is 12.6. The predicted octanol–water partition coefficient (Wildman–Crippen LogP) is 2.90. The molecule has 0 aliphatic carbocycles. The fraction of sp³-hybridized carbons (Fsp3) is 0.556. The van der Waals surface area contributed by atoms with E-state index in [0.29, 0.717) is 47.6 Å². The Morgan fingerprint density at radius 3 is 2.77 bits per heavy atom. The summed E-state index contributed by atoms with van der Waals surface area (Å²) in [4.78, 5) is 33.9. The van der Waals surface area contributed by atoms with E-state index in [1.807, 2.05) is 25.1 Å². The van der Waals surface area contributed by atoms with Gasteiger partial charge in [-0.2, -0.15) is 5.10 Å². The molecule has 0 saturated carbocycles. The Kier molecular flexibility index (Phi) is 5.41. The summed E-state index contributed by atoms with van der Waals surface area (Å²) >= 11 is 1.33. The van der Waals surface area contributed by atoms with Crippen LogP contribution in [0.1, 0.15) is 41.2 Å². The van der Waals surface area contributed by atoms with Gasteiger partial charge in [0, 0.05) is 39.3 Å². The molecule has 0 atom stereocenters. The minimum atomic E-state index is -0.0122. The van der Waals surface area contributed by atoms with Crippen molar-refractivity contribution in [2.24, 2.45) is 13.0 Å². The summed E-state index contributed by atoms with van der Waals surface area (Å²) < 4.78 is 1.73. The largest absolute Gasteiger partial charge is 0.326 e. The van der Waals surface area contributed by atoms with Crippen LogP contribution in [-0.4, -0.2) is 51.1 Å². The first-order valence-corrected chi connectivity index (χ1v) is 9.71. The summed E-state index contributed by atoms with van der Waals surface area (Å²) in [5.41, 5.74) is 1.75. The van der Waals surface area contributed by atoms with Crippen molar-refractivity contribution in [1.82, 2.24) is 19.7 Å². The highest BCUT2D eigenvalue weighted by molar-refractivity contribution is 7.17. The van der Waals surface area contributed by atoms with Gasteiger partial charge in [0.25, 0.3) is 0 Å². The van der Waals surface area contributed by atoms with E-state index >= 15 is 0 Å². The van der Waals surface area contributed by atoms with Crippen LogP contribution in [0.4, 0.5) is 9.93 Å². The molecule has 1 saturated heterocycles. The van der Waals surface area contributed by atoms with Crippen LogP contribution < -0.4 is 4.90 Å². The number of aromatic nitrogens is 3. The van der Waals surface area contributed by atoms with Gasteiger partial charge in [-0.1, -0.05) is 25.2 Å². The van der Waals surface area contributed by atoms with Crippen LogP contribution >= 0.6 is 11.3 Å². The van der Waals surface area contributed by atoms with Crippen LogP contribution in [-0.2, 0) is 13.5 Å². The first kappa shape index (κ1) is 18.6. The number of aryl methyl sites for hydroxylation is 3. The summed E-state index contributed by atoms with van der Waals surface area (Å²) in [6.45, 7) is 8.12. The van der Waals surface area contributed by atoms with Gasteiger partial charge in [-0.15, -0.1) is 0 Å². The Morgan fingerprint density at radius 2 is 2.12 bits per heavy atom. The highest BCUT2D eigenvalue weighted by Gasteiger charge is 2.32. The van der Waals surface area contributed by atoms with E-state index < -0.39 is 0 Å². The quantitative estimate of drug-likeness (QED) is 0.698. The molecule has 1 aliphatic heterocycles. The Labute approximate surface area is 157 Å². The van der Waals surface area contributed by atoms with Crippen LogP contribution in [0, 0.1) is 12.8 Å². The van der Waals surface area contributed by atoms with Crippen LogP contribution in [0.2, 0.25) is 0 Å². The van der Waals surface area contributed by atoms with E-state index in [2.05, 4.69) is 23.9 Å². The summed E-state index contributed by atoms with van der Waals surface area (Å²) in [5, 5.41) is 4.75. The molecular weight excluding hydrogens is 350 g/mol. The molecule has 1 fully saturated rings. The van der Waals surface area contributed by atoms with Crippen molar-refractivity contribution in [3.63, 3.8) is 0 Å². The minimum Gasteiger partial charge on any atom is -0.322 e. The number of Topliss-reactive ketones (excluding diaryl/α,β-unsaturated/α-hetero) is 1. The van der Waals surface area contributed by atoms with E-state index in [9.17, 15) is 9.59 Å². The van der Waals surface area contributed by atoms with Gasteiger partial charge in [-0.05, 0) is 24.8 Å². The average molecular weight is 375 g/mol. The number of ketones is 1. The zero-order valence-corrected chi connectivity index (χ0v) is 16.5. The molecule has 3 rings (SSSR count). The van der Waals surface area contributed by atoms with Crippen molar-refractivity contribution >= 4 is 28.3 Å². The lowest BCUT2D eigenvalue weighted by atomic mass is 10.1. The number of thiazole rings is 1. The number of carbonyl (C=O) groups is 2. The van der Waals surface area contributed by atoms with Gasteiger partial charge in [-0.3, -0.25) is 14.4 Å². The second-order valence-electron chi connectivity index (χ2n) is 7.13. The van der Waals surface area contributed by atoms with Gasteiger partial charge in [-0.25, -0.2) is 9.78 Å². The molecule has 0 bridgehead atoms. The lowest BCUT2D eigenvalue weighted by Crippen LogP contribution is -2.34. The zero-order chi connectivity index (χ0) is 18.8. The third-order valence-corrected chi connectivity index (χ3v) is 5.57. The van der Waals surface area contributed by atoms with Crippen molar-refractivity contribution in [1.29, 1.82) is 0 Å². The number of hydrogen-bond donors (Lipinski definition) is 0. The monoisotopic (exact) mass is 375 g/mol. The highest BCUT2D eigenvalue weighted by atomic mass is 32.1. The molecule has 0 spiro atoms. The predicted molar refractivity (Wildman–Crippen MR) is 102 cm³/mol. The standard InChI is InChI=1S/C18H25N5O2S/c1-12(2)10-22-7-8-23(18(22)25)17-20-13(3)16(26-17)15(24)6-5-14-9-19-21(4)11-14/h9,11-12H,5-8,10H2,1-4H3. The Bertz CT molecular complexity index is 810. The summed E-state index contributed by atoms with van der Waals surface area (Å²) in [7, 11) is 1.86. The normalized spacial score (nSPS) is 14.7. The fourth-order valence-corrected chi connectivity index (χ4v) is 4.15. The molecule has 140 valence electrons. The van der Waals surface area contributed by atoms with Crippen LogP contribution in [0.15, 0.2) is 12.4 Å². The molecule has 7 nitrogen and oxygen atoms in total. The molecule has 0 aromatic carbocycles. The van der Waals surface area contributed by atoms with Crippen LogP contribution in [0.3, 0.4) is 0 Å². The van der Waals surface area contributed by atoms with Gasteiger partial charge in [0.15, 0.2) is 10.9 Å². The van der Waals surface area contributed by atoms with Gasteiger partial charge in [0.2, 0.25) is 0 Å². The third kappa shape index (κ3) is 3.95. The van der Waals surface area contributed by atoms with E-state index in [1.54, 1.807) is 15.8 Å². The van der Waals surface area contributed by atoms with Crippen molar-refractivity contribution in [3.8, 4) is 0 Å². The molecule has 26 heavy (non-hydrogen) atoms. The van der Waals surface area contributed by atoms with Crippen LogP contribution in [0.5, 0.6) is 0 Å². The number of amides is 2. The minimum absolute atomic E-state index is 0.0122. The summed E-state index contributed by atoms with van der Waals surface area (Å²) in [6.07, 6.45) is 4.78. The molecule has 2 aromatic heterocycles. The lowest BCUT2D eigenvalue weighted by molar-refractivity contribution is 0.0986. The molecule has 0 unspecified atom stereocenters. The van der Waals surface area contributed by atoms with Gasteiger partial charge in [0.1, 0.15) is 0 Å². The van der Waals surface area contributed by atoms with Gasteiger partial charge in [0.05, 0.1) is 16.8 Å². The van der Waals surface area contributed by atoms with E-state index in [1.165, 1.54) is 11.3 Å². The van der Waals surface area contributed by atoms with Crippen molar-refractivity contribution in [2.75, 3.05) is 24.5 Å². The van der Waals surface area contributed by atoms with E-state index in [0.717, 1.165) is 12.1 Å². The topological polar surface area (TPSA) is 71.3 Å². The van der Waals surface area contributed by atoms with Crippen molar-refractivity contribution in [2.45, 2.75) is 33.6 Å². The summed E-state index contributed by atoms with van der Waals surface area (Å²) in [5.74, 6) is 0.502. The molecule has 3 heterocycles. The Hall–Kier alpha value is -2.22. The fourth-order valence-electron chi connectivity index (χ4n) is 3.10. The first-order valence-electron chi connectivity index (χ1n) is 8.89. The van der Waals surface area contributed by atoms with Crippen molar-refractivity contribution in [3.05, 3.63) is 28.5 Å². The molecule has 2 aromatic rings. The molecule has 1 aliphatic rings. The first-order chi connectivity index (χ1) is 12.3. The van der Waals surface area contributed by atoms with Gasteiger partial charge >= 0.3 is 6.03 Å². The number of hydrogen-bond acceptors (Lipinski definition) is 5. The smallest absolute Gasteiger partial charge is 0.322 e. The number of anilines is 1. The number of nitrogens with zero attached hydrogens (tertiary/aromatic N) is 5. The average Bonchev–Trinajstić information content (AvgIpc) is 3.25. The molecule has 0 radical (unpaired) electrons. The number of rotatable bonds is 7. The molecule has 2 amide bonds. The lowest BCUT2D eigenvalue weighted by Gasteiger charge is -2.18. The highest BCUT2D eigenvalue weighted by Crippen LogP contribution is 2.30. The van der Waals surface area contributed by atoms with Gasteiger partial charge < -0.3 is 4.90 Å². The second-order valence-corrected chi connectivity index (χ2v) is 8.11. The second kappa shape index (κ2) is 7.57. The van der Waals surface area contributed by atoms with E-state index in [-0.39, 0.29) is 11.8 Å². The number of carbonyl (C=O) groups excluding carboxylic acids is 2. The zero-order valence-electron chi connectivity index (χ0n) is 15.7. The maximum absolute atomic E-state index is 12.6. The third-order valence-electron chi connectivity index (χ3n) is 4.35. The molecule has 0 N–H and O–H groups in total. The van der Waals surface area contributed by atoms with Crippen molar-refractivity contribution < 1.29 is 9.59 Å². The SMILES string of the molecule is Cc1nc(N2CCN(CC(C)C)C2=O)sc1C(=O)CCc1cnn(C)c1. The van der Waals surface area contributed by atoms with E-state index in [4.69, 9.17) is 0 Å². The summed E-state index contributed by atoms with van der Waals surface area (Å²) in [6, 6.07) is -0.0122. The Balaban J connectivity index is 1.67. The molecule has 8 heteroatoms.